The predicted molar refractivity (Wildman–Crippen MR) is 200 cm³/mol. The van der Waals surface area contributed by atoms with Crippen LogP contribution < -0.4 is 11.5 Å². The molecule has 0 aliphatic heterocycles. The predicted octanol–water partition coefficient (Wildman–Crippen LogP) is 8.78. The molecule has 0 radical (unpaired) electrons. The van der Waals surface area contributed by atoms with Crippen molar-refractivity contribution < 1.29 is 38.1 Å². The van der Waals surface area contributed by atoms with Gasteiger partial charge in [-0.3, -0.25) is 9.59 Å². The molecule has 50 heavy (non-hydrogen) atoms. The third-order valence-corrected chi connectivity index (χ3v) is 8.91. The fourth-order valence-corrected chi connectivity index (χ4v) is 5.74. The van der Waals surface area contributed by atoms with Crippen molar-refractivity contribution in [1.82, 2.24) is 0 Å². The van der Waals surface area contributed by atoms with Crippen LogP contribution in [0, 0.1) is 0 Å². The van der Waals surface area contributed by atoms with Crippen LogP contribution in [0.4, 0.5) is 0 Å². The minimum absolute atomic E-state index is 0.0373. The fourth-order valence-electron chi connectivity index (χ4n) is 5.74. The van der Waals surface area contributed by atoms with E-state index in [0.717, 1.165) is 64.2 Å². The molecule has 10 nitrogen and oxygen atoms in total. The van der Waals surface area contributed by atoms with Crippen molar-refractivity contribution in [2.45, 2.75) is 206 Å². The van der Waals surface area contributed by atoms with Crippen LogP contribution in [-0.4, -0.2) is 62.4 Å². The summed E-state index contributed by atoms with van der Waals surface area (Å²) < 4.78 is 22.1. The van der Waals surface area contributed by atoms with Gasteiger partial charge in [-0.05, 0) is 51.6 Å². The molecule has 0 rings (SSSR count). The van der Waals surface area contributed by atoms with Crippen LogP contribution in [0.3, 0.4) is 0 Å². The molecule has 2 atom stereocenters. The maximum absolute atomic E-state index is 13.4. The van der Waals surface area contributed by atoms with E-state index >= 15 is 0 Å². The molecule has 0 aliphatic carbocycles. The molecule has 10 heteroatoms. The lowest BCUT2D eigenvalue weighted by atomic mass is 10.1. The van der Waals surface area contributed by atoms with Gasteiger partial charge >= 0.3 is 23.9 Å². The van der Waals surface area contributed by atoms with E-state index in [1.165, 1.54) is 77.0 Å². The lowest BCUT2D eigenvalue weighted by Crippen LogP contribution is -2.47. The van der Waals surface area contributed by atoms with Crippen molar-refractivity contribution in [1.29, 1.82) is 0 Å². The molecule has 4 N–H and O–H groups in total. The molecule has 0 fully saturated rings. The van der Waals surface area contributed by atoms with E-state index in [1.807, 2.05) is 0 Å². The zero-order valence-corrected chi connectivity index (χ0v) is 32.2. The summed E-state index contributed by atoms with van der Waals surface area (Å²) in [5.41, 5.74) is 11.1. The maximum Gasteiger partial charge on any atom is 0.352 e. The number of carbonyl (C=O) groups is 4. The lowest BCUT2D eigenvalue weighted by Gasteiger charge is -2.24. The summed E-state index contributed by atoms with van der Waals surface area (Å²) in [5, 5.41) is 0. The standard InChI is InChI=1S/C40H76N2O8/c1-3-5-7-9-11-13-15-17-19-27-33-47-39(45)37(49-35(43)29-23-21-25-31-41)38(50-36(44)30-24-22-26-32-42)40(46)48-34-28-20-18-16-14-12-10-8-6-4-2/h37-38H,3-34,41-42H2,1-2H3/t37-,38-/m1/s1. The Bertz CT molecular complexity index is 759. The summed E-state index contributed by atoms with van der Waals surface area (Å²) in [6.07, 6.45) is 23.2. The Morgan fingerprint density at radius 2 is 0.680 bits per heavy atom. The van der Waals surface area contributed by atoms with Gasteiger partial charge in [-0.1, -0.05) is 142 Å². The van der Waals surface area contributed by atoms with Gasteiger partial charge in [0.25, 0.3) is 0 Å². The molecule has 0 aromatic carbocycles. The monoisotopic (exact) mass is 713 g/mol. The van der Waals surface area contributed by atoms with Gasteiger partial charge in [-0.25, -0.2) is 9.59 Å². The summed E-state index contributed by atoms with van der Waals surface area (Å²) in [6.45, 7) is 5.69. The van der Waals surface area contributed by atoms with Gasteiger partial charge < -0.3 is 30.4 Å². The molecular formula is C40H76N2O8. The highest BCUT2D eigenvalue weighted by Gasteiger charge is 2.42. The molecule has 294 valence electrons. The zero-order valence-electron chi connectivity index (χ0n) is 32.2. The topological polar surface area (TPSA) is 157 Å². The average molecular weight is 713 g/mol. The van der Waals surface area contributed by atoms with Crippen LogP contribution in [0.15, 0.2) is 0 Å². The molecular weight excluding hydrogens is 636 g/mol. The molecule has 0 heterocycles. The number of rotatable bonds is 37. The molecule has 0 amide bonds. The Labute approximate surface area is 305 Å². The summed E-state index contributed by atoms with van der Waals surface area (Å²) in [4.78, 5) is 52.4. The average Bonchev–Trinajstić information content (AvgIpc) is 3.11. The molecule has 0 saturated carbocycles. The van der Waals surface area contributed by atoms with E-state index in [9.17, 15) is 19.2 Å². The highest BCUT2D eigenvalue weighted by molar-refractivity contribution is 5.89. The first-order valence-corrected chi connectivity index (χ1v) is 20.5. The summed E-state index contributed by atoms with van der Waals surface area (Å²) in [7, 11) is 0. The van der Waals surface area contributed by atoms with E-state index in [4.69, 9.17) is 30.4 Å². The molecule has 0 spiro atoms. The van der Waals surface area contributed by atoms with Crippen molar-refractivity contribution in [3.63, 3.8) is 0 Å². The third-order valence-electron chi connectivity index (χ3n) is 8.91. The van der Waals surface area contributed by atoms with Crippen LogP contribution >= 0.6 is 0 Å². The van der Waals surface area contributed by atoms with Gasteiger partial charge in [0.2, 0.25) is 12.2 Å². The van der Waals surface area contributed by atoms with Gasteiger partial charge in [0, 0.05) is 12.8 Å². The van der Waals surface area contributed by atoms with Crippen molar-refractivity contribution in [3.8, 4) is 0 Å². The van der Waals surface area contributed by atoms with Gasteiger partial charge in [0.05, 0.1) is 13.2 Å². The summed E-state index contributed by atoms with van der Waals surface area (Å²) in [5.74, 6) is -3.16. The van der Waals surface area contributed by atoms with Crippen LogP contribution in [0.1, 0.15) is 194 Å². The zero-order chi connectivity index (χ0) is 36.9. The second-order valence-electron chi connectivity index (χ2n) is 13.7. The first kappa shape index (κ1) is 47.8. The Morgan fingerprint density at radius 3 is 0.980 bits per heavy atom. The van der Waals surface area contributed by atoms with E-state index in [0.29, 0.717) is 38.8 Å². The molecule has 0 aliphatic rings. The van der Waals surface area contributed by atoms with E-state index in [2.05, 4.69) is 13.8 Å². The van der Waals surface area contributed by atoms with Crippen molar-refractivity contribution in [2.24, 2.45) is 11.5 Å². The number of esters is 4. The number of hydrogen-bond acceptors (Lipinski definition) is 10. The Balaban J connectivity index is 5.26. The van der Waals surface area contributed by atoms with Crippen LogP contribution in [0.5, 0.6) is 0 Å². The number of carbonyl (C=O) groups excluding carboxylic acids is 4. The Morgan fingerprint density at radius 1 is 0.400 bits per heavy atom. The Hall–Kier alpha value is -2.20. The first-order chi connectivity index (χ1) is 24.4. The molecule has 0 aromatic heterocycles. The minimum atomic E-state index is -1.74. The normalized spacial score (nSPS) is 12.3. The number of nitrogens with two attached hydrogens (primary N) is 2. The van der Waals surface area contributed by atoms with E-state index in [1.54, 1.807) is 0 Å². The molecule has 0 unspecified atom stereocenters. The van der Waals surface area contributed by atoms with E-state index < -0.39 is 36.1 Å². The van der Waals surface area contributed by atoms with Gasteiger partial charge in [0.15, 0.2) is 0 Å². The lowest BCUT2D eigenvalue weighted by molar-refractivity contribution is -0.192. The molecule has 0 bridgehead atoms. The molecule has 0 aromatic rings. The second kappa shape index (κ2) is 36.6. The third kappa shape index (κ3) is 29.5. The number of unbranched alkanes of at least 4 members (excludes halogenated alkanes) is 22. The summed E-state index contributed by atoms with van der Waals surface area (Å²) in [6, 6.07) is 0. The number of ether oxygens (including phenoxy) is 4. The van der Waals surface area contributed by atoms with Gasteiger partial charge in [-0.15, -0.1) is 0 Å². The smallest absolute Gasteiger partial charge is 0.352 e. The molecule has 0 saturated heterocycles. The number of hydrogen-bond donors (Lipinski definition) is 2. The SMILES string of the molecule is CCCCCCCCCCCCOC(=O)[C@H](OC(=O)CCCCCN)[C@@H](OC(=O)CCCCCN)C(=O)OCCCCCCCCCCCC. The minimum Gasteiger partial charge on any atom is -0.463 e. The van der Waals surface area contributed by atoms with E-state index in [-0.39, 0.29) is 26.1 Å². The van der Waals surface area contributed by atoms with Crippen LogP contribution in [-0.2, 0) is 38.1 Å². The quantitative estimate of drug-likeness (QED) is 0.0362. The largest absolute Gasteiger partial charge is 0.463 e. The van der Waals surface area contributed by atoms with Crippen molar-refractivity contribution >= 4 is 23.9 Å². The Kier molecular flexibility index (Phi) is 35.0. The van der Waals surface area contributed by atoms with Gasteiger partial charge in [0.1, 0.15) is 0 Å². The summed E-state index contributed by atoms with van der Waals surface area (Å²) >= 11 is 0. The van der Waals surface area contributed by atoms with Crippen LogP contribution in [0.25, 0.3) is 0 Å². The first-order valence-electron chi connectivity index (χ1n) is 20.5. The highest BCUT2D eigenvalue weighted by atomic mass is 16.6. The van der Waals surface area contributed by atoms with Crippen molar-refractivity contribution in [2.75, 3.05) is 26.3 Å². The fraction of sp³-hybridized carbons (Fsp3) is 0.900. The highest BCUT2D eigenvalue weighted by Crippen LogP contribution is 2.17. The second-order valence-corrected chi connectivity index (χ2v) is 13.7. The van der Waals surface area contributed by atoms with Crippen LogP contribution in [0.2, 0.25) is 0 Å². The van der Waals surface area contributed by atoms with Crippen molar-refractivity contribution in [3.05, 3.63) is 0 Å². The maximum atomic E-state index is 13.4. The van der Waals surface area contributed by atoms with Gasteiger partial charge in [-0.2, -0.15) is 0 Å².